The Balaban J connectivity index is 1.87. The van der Waals surface area contributed by atoms with E-state index < -0.39 is 16.1 Å². The monoisotopic (exact) mass is 593 g/mol. The molecule has 3 aromatic carbocycles. The summed E-state index contributed by atoms with van der Waals surface area (Å²) in [6, 6.07) is 23.8. The van der Waals surface area contributed by atoms with E-state index in [0.717, 1.165) is 29.5 Å². The van der Waals surface area contributed by atoms with Gasteiger partial charge in [-0.2, -0.15) is 0 Å². The minimum absolute atomic E-state index is 0.0787. The van der Waals surface area contributed by atoms with Gasteiger partial charge in [0.1, 0.15) is 11.8 Å². The van der Waals surface area contributed by atoms with Crippen molar-refractivity contribution in [3.8, 4) is 5.75 Å². The fourth-order valence-corrected chi connectivity index (χ4v) is 5.75. The summed E-state index contributed by atoms with van der Waals surface area (Å²) in [5.74, 6) is 0.221. The van der Waals surface area contributed by atoms with Crippen LogP contribution in [0, 0.1) is 0 Å². The van der Waals surface area contributed by atoms with Gasteiger partial charge in [-0.3, -0.25) is 13.9 Å². The summed E-state index contributed by atoms with van der Waals surface area (Å²) in [5, 5.41) is 2.98. The van der Waals surface area contributed by atoms with Gasteiger partial charge < -0.3 is 15.0 Å². The number of amides is 2. The Morgan fingerprint density at radius 3 is 2.21 bits per heavy atom. The summed E-state index contributed by atoms with van der Waals surface area (Å²) in [7, 11) is -1.98. The molecule has 8 nitrogen and oxygen atoms in total. The lowest BCUT2D eigenvalue weighted by atomic mass is 10.0. The first-order valence-corrected chi connectivity index (χ1v) is 16.3. The second-order valence-corrected chi connectivity index (χ2v) is 12.2. The van der Waals surface area contributed by atoms with Gasteiger partial charge in [0.15, 0.2) is 0 Å². The minimum Gasteiger partial charge on any atom is -0.497 e. The smallest absolute Gasteiger partial charge is 0.243 e. The lowest BCUT2D eigenvalue weighted by Gasteiger charge is -2.32. The van der Waals surface area contributed by atoms with E-state index in [4.69, 9.17) is 4.74 Å². The van der Waals surface area contributed by atoms with Gasteiger partial charge in [0.05, 0.1) is 19.1 Å². The van der Waals surface area contributed by atoms with Crippen molar-refractivity contribution >= 4 is 27.5 Å². The Kier molecular flexibility index (Phi) is 12.4. The van der Waals surface area contributed by atoms with Crippen LogP contribution in [-0.2, 0) is 39.0 Å². The number of nitrogens with zero attached hydrogens (tertiary/aromatic N) is 2. The Hall–Kier alpha value is -3.85. The highest BCUT2D eigenvalue weighted by molar-refractivity contribution is 7.92. The zero-order valence-corrected chi connectivity index (χ0v) is 25.9. The molecule has 2 amide bonds. The van der Waals surface area contributed by atoms with Crippen molar-refractivity contribution in [3.63, 3.8) is 0 Å². The molecule has 3 rings (SSSR count). The Morgan fingerprint density at radius 1 is 0.905 bits per heavy atom. The number of benzene rings is 3. The van der Waals surface area contributed by atoms with Crippen LogP contribution in [0.15, 0.2) is 78.9 Å². The molecule has 1 unspecified atom stereocenters. The summed E-state index contributed by atoms with van der Waals surface area (Å²) < 4.78 is 32.1. The molecule has 1 atom stereocenters. The minimum atomic E-state index is -3.56. The summed E-state index contributed by atoms with van der Waals surface area (Å²) in [6.07, 6.45) is 3.53. The summed E-state index contributed by atoms with van der Waals surface area (Å²) in [5.41, 5.74) is 3.45. The highest BCUT2D eigenvalue weighted by atomic mass is 32.2. The summed E-state index contributed by atoms with van der Waals surface area (Å²) >= 11 is 0. The van der Waals surface area contributed by atoms with Crippen LogP contribution in [0.4, 0.5) is 5.69 Å². The third-order valence-electron chi connectivity index (χ3n) is 7.09. The van der Waals surface area contributed by atoms with Gasteiger partial charge in [-0.1, -0.05) is 68.4 Å². The Morgan fingerprint density at radius 2 is 1.60 bits per heavy atom. The molecule has 0 bridgehead atoms. The Labute approximate surface area is 250 Å². The van der Waals surface area contributed by atoms with Gasteiger partial charge in [-0.25, -0.2) is 8.42 Å². The zero-order valence-electron chi connectivity index (χ0n) is 25.1. The second-order valence-electron chi connectivity index (χ2n) is 10.3. The molecule has 0 spiro atoms. The van der Waals surface area contributed by atoms with E-state index in [-0.39, 0.29) is 31.3 Å². The number of ether oxygens (including phenoxy) is 1. The maximum Gasteiger partial charge on any atom is 0.243 e. The van der Waals surface area contributed by atoms with Crippen molar-refractivity contribution in [1.82, 2.24) is 10.2 Å². The normalized spacial score (nSPS) is 11.9. The van der Waals surface area contributed by atoms with Crippen molar-refractivity contribution < 1.29 is 22.7 Å². The lowest BCUT2D eigenvalue weighted by Crippen LogP contribution is -2.50. The van der Waals surface area contributed by atoms with Crippen LogP contribution in [0.5, 0.6) is 5.75 Å². The van der Waals surface area contributed by atoms with Gasteiger partial charge in [0.25, 0.3) is 0 Å². The molecule has 3 aromatic rings. The quantitative estimate of drug-likeness (QED) is 0.253. The van der Waals surface area contributed by atoms with Crippen LogP contribution in [0.1, 0.15) is 49.8 Å². The molecule has 0 aromatic heterocycles. The first-order chi connectivity index (χ1) is 20.2. The van der Waals surface area contributed by atoms with Crippen LogP contribution in [0.25, 0.3) is 0 Å². The van der Waals surface area contributed by atoms with Gasteiger partial charge in [-0.05, 0) is 60.2 Å². The molecule has 0 aliphatic heterocycles. The zero-order chi connectivity index (χ0) is 30.5. The maximum absolute atomic E-state index is 13.9. The number of aryl methyl sites for hydroxylation is 1. The summed E-state index contributed by atoms with van der Waals surface area (Å²) in [6.45, 7) is 4.88. The van der Waals surface area contributed by atoms with E-state index in [1.807, 2.05) is 80.6 Å². The van der Waals surface area contributed by atoms with Crippen molar-refractivity contribution in [2.45, 2.75) is 58.5 Å². The maximum atomic E-state index is 13.9. The van der Waals surface area contributed by atoms with Crippen LogP contribution >= 0.6 is 0 Å². The summed E-state index contributed by atoms with van der Waals surface area (Å²) in [4.78, 5) is 29.0. The number of sulfonamides is 1. The van der Waals surface area contributed by atoms with E-state index in [1.165, 1.54) is 10.6 Å². The highest BCUT2D eigenvalue weighted by Crippen LogP contribution is 2.22. The molecule has 1 N–H and O–H groups in total. The molecular weight excluding hydrogens is 550 g/mol. The molecule has 42 heavy (non-hydrogen) atoms. The molecule has 0 aliphatic carbocycles. The Bertz CT molecular complexity index is 1390. The van der Waals surface area contributed by atoms with Gasteiger partial charge in [0.2, 0.25) is 21.8 Å². The van der Waals surface area contributed by atoms with E-state index in [0.29, 0.717) is 30.8 Å². The fraction of sp³-hybridized carbons (Fsp3) is 0.394. The van der Waals surface area contributed by atoms with Crippen LogP contribution < -0.4 is 14.4 Å². The molecular formula is C33H43N3O5S. The fourth-order valence-electron chi connectivity index (χ4n) is 4.79. The first-order valence-electron chi connectivity index (χ1n) is 14.5. The predicted octanol–water partition coefficient (Wildman–Crippen LogP) is 4.97. The first kappa shape index (κ1) is 32.7. The highest BCUT2D eigenvalue weighted by Gasteiger charge is 2.30. The van der Waals surface area contributed by atoms with Gasteiger partial charge in [0, 0.05) is 32.5 Å². The number of hydrogen-bond acceptors (Lipinski definition) is 5. The lowest BCUT2D eigenvalue weighted by molar-refractivity contribution is -0.141. The number of rotatable bonds is 16. The molecule has 0 aliphatic rings. The molecule has 0 fully saturated rings. The number of anilines is 1. The molecule has 9 heteroatoms. The SMILES string of the molecule is CCCNC(=O)C(Cc1ccccc1)N(Cc1cccc(OC)c1)C(=O)CCCN(c1ccc(CC)cc1)S(C)(=O)=O. The van der Waals surface area contributed by atoms with Crippen LogP contribution in [0.3, 0.4) is 0 Å². The topological polar surface area (TPSA) is 96.0 Å². The second kappa shape index (κ2) is 16.0. The van der Waals surface area contributed by atoms with Crippen molar-refractivity contribution in [2.24, 2.45) is 0 Å². The van der Waals surface area contributed by atoms with Crippen molar-refractivity contribution in [3.05, 3.63) is 95.6 Å². The molecule has 0 heterocycles. The molecule has 0 radical (unpaired) electrons. The third kappa shape index (κ3) is 9.62. The number of carbonyl (C=O) groups excluding carboxylic acids is 2. The van der Waals surface area contributed by atoms with Crippen LogP contribution in [-0.4, -0.2) is 57.6 Å². The molecule has 226 valence electrons. The third-order valence-corrected chi connectivity index (χ3v) is 8.29. The predicted molar refractivity (Wildman–Crippen MR) is 168 cm³/mol. The van der Waals surface area contributed by atoms with Gasteiger partial charge >= 0.3 is 0 Å². The largest absolute Gasteiger partial charge is 0.497 e. The number of nitrogens with one attached hydrogen (secondary N) is 1. The molecule has 0 saturated heterocycles. The number of hydrogen-bond donors (Lipinski definition) is 1. The number of methoxy groups -OCH3 is 1. The van der Waals surface area contributed by atoms with E-state index in [9.17, 15) is 18.0 Å². The molecule has 0 saturated carbocycles. The van der Waals surface area contributed by atoms with Crippen LogP contribution in [0.2, 0.25) is 0 Å². The average molecular weight is 594 g/mol. The van der Waals surface area contributed by atoms with E-state index in [2.05, 4.69) is 5.32 Å². The van der Waals surface area contributed by atoms with Crippen molar-refractivity contribution in [1.29, 1.82) is 0 Å². The standard InChI is InChI=1S/C33H43N3O5S/c1-5-21-34-33(38)31(24-27-12-8-7-9-13-27)35(25-28-14-10-15-30(23-28)41-3)32(37)16-11-22-36(42(4,39)40)29-19-17-26(6-2)18-20-29/h7-10,12-15,17-20,23,31H,5-6,11,16,21-22,24-25H2,1-4H3,(H,34,38). The number of carbonyl (C=O) groups is 2. The average Bonchev–Trinajstić information content (AvgIpc) is 2.99. The van der Waals surface area contributed by atoms with E-state index >= 15 is 0 Å². The van der Waals surface area contributed by atoms with Crippen molar-refractivity contribution in [2.75, 3.05) is 30.8 Å². The van der Waals surface area contributed by atoms with Gasteiger partial charge in [-0.15, -0.1) is 0 Å². The van der Waals surface area contributed by atoms with E-state index in [1.54, 1.807) is 24.1 Å².